The highest BCUT2D eigenvalue weighted by atomic mass is 79.9. The lowest BCUT2D eigenvalue weighted by Gasteiger charge is -1.96. The van der Waals surface area contributed by atoms with Crippen LogP contribution in [0, 0.1) is 17.0 Å². The lowest BCUT2D eigenvalue weighted by molar-refractivity contribution is -0.384. The number of benzene rings is 1. The van der Waals surface area contributed by atoms with Crippen molar-refractivity contribution in [2.75, 3.05) is 0 Å². The van der Waals surface area contributed by atoms with E-state index in [2.05, 4.69) is 15.9 Å². The standard InChI is InChI=1S/C11H8BrNO2S/c1-7-5-10(16-11(7)12)8-3-2-4-9(6-8)13(14)15/h2-6H,1H3. The molecule has 0 bridgehead atoms. The third-order valence-corrected chi connectivity index (χ3v) is 4.38. The molecule has 0 N–H and O–H groups in total. The summed E-state index contributed by atoms with van der Waals surface area (Å²) in [6.07, 6.45) is 0. The van der Waals surface area contributed by atoms with Gasteiger partial charge in [-0.1, -0.05) is 12.1 Å². The predicted octanol–water partition coefficient (Wildman–Crippen LogP) is 4.39. The smallest absolute Gasteiger partial charge is 0.258 e. The molecule has 0 amide bonds. The molecule has 0 spiro atoms. The maximum Gasteiger partial charge on any atom is 0.270 e. The van der Waals surface area contributed by atoms with Crippen LogP contribution >= 0.6 is 27.3 Å². The molecule has 0 unspecified atom stereocenters. The predicted molar refractivity (Wildman–Crippen MR) is 68.8 cm³/mol. The van der Waals surface area contributed by atoms with Gasteiger partial charge in [-0.25, -0.2) is 0 Å². The van der Waals surface area contributed by atoms with Crippen LogP contribution in [0.4, 0.5) is 5.69 Å². The molecule has 5 heteroatoms. The molecule has 0 radical (unpaired) electrons. The van der Waals surface area contributed by atoms with E-state index in [9.17, 15) is 10.1 Å². The number of rotatable bonds is 2. The number of halogens is 1. The van der Waals surface area contributed by atoms with Gasteiger partial charge in [0.05, 0.1) is 8.71 Å². The van der Waals surface area contributed by atoms with Crippen LogP contribution < -0.4 is 0 Å². The highest BCUT2D eigenvalue weighted by Gasteiger charge is 2.09. The molecular weight excluding hydrogens is 290 g/mol. The average Bonchev–Trinajstić information content (AvgIpc) is 2.59. The summed E-state index contributed by atoms with van der Waals surface area (Å²) in [5, 5.41) is 10.7. The first-order chi connectivity index (χ1) is 7.58. The van der Waals surface area contributed by atoms with Gasteiger partial charge in [-0.15, -0.1) is 11.3 Å². The van der Waals surface area contributed by atoms with Crippen molar-refractivity contribution in [3.05, 3.63) is 49.8 Å². The van der Waals surface area contributed by atoms with Gasteiger partial charge >= 0.3 is 0 Å². The van der Waals surface area contributed by atoms with E-state index >= 15 is 0 Å². The molecule has 1 heterocycles. The lowest BCUT2D eigenvalue weighted by atomic mass is 10.1. The molecule has 1 aromatic carbocycles. The van der Waals surface area contributed by atoms with Gasteiger partial charge < -0.3 is 0 Å². The molecule has 16 heavy (non-hydrogen) atoms. The van der Waals surface area contributed by atoms with E-state index in [1.165, 1.54) is 6.07 Å². The number of hydrogen-bond donors (Lipinski definition) is 0. The fourth-order valence-corrected chi connectivity index (χ4v) is 2.91. The fraction of sp³-hybridized carbons (Fsp3) is 0.0909. The summed E-state index contributed by atoms with van der Waals surface area (Å²) in [5.41, 5.74) is 2.15. The number of nitro benzene ring substituents is 1. The summed E-state index contributed by atoms with van der Waals surface area (Å²) >= 11 is 5.03. The van der Waals surface area contributed by atoms with Crippen LogP contribution in [-0.4, -0.2) is 4.92 Å². The van der Waals surface area contributed by atoms with E-state index in [1.54, 1.807) is 23.5 Å². The van der Waals surface area contributed by atoms with Gasteiger partial charge in [0.1, 0.15) is 0 Å². The minimum absolute atomic E-state index is 0.125. The van der Waals surface area contributed by atoms with Crippen molar-refractivity contribution in [2.45, 2.75) is 6.92 Å². The van der Waals surface area contributed by atoms with E-state index in [4.69, 9.17) is 0 Å². The van der Waals surface area contributed by atoms with Crippen molar-refractivity contribution in [3.63, 3.8) is 0 Å². The Labute approximate surface area is 105 Å². The second kappa shape index (κ2) is 4.35. The average molecular weight is 298 g/mol. The zero-order chi connectivity index (χ0) is 11.7. The number of non-ortho nitro benzene ring substituents is 1. The van der Waals surface area contributed by atoms with Crippen LogP contribution in [0.3, 0.4) is 0 Å². The Morgan fingerprint density at radius 1 is 1.38 bits per heavy atom. The third kappa shape index (κ3) is 2.15. The molecule has 3 nitrogen and oxygen atoms in total. The number of hydrogen-bond acceptors (Lipinski definition) is 3. The van der Waals surface area contributed by atoms with Crippen LogP contribution in [0.5, 0.6) is 0 Å². The molecule has 0 aliphatic rings. The molecule has 0 aliphatic heterocycles. The molecule has 1 aromatic heterocycles. The first-order valence-electron chi connectivity index (χ1n) is 4.58. The SMILES string of the molecule is Cc1cc(-c2cccc([N+](=O)[O-])c2)sc1Br. The summed E-state index contributed by atoms with van der Waals surface area (Å²) in [6, 6.07) is 8.70. The summed E-state index contributed by atoms with van der Waals surface area (Å²) < 4.78 is 1.06. The van der Waals surface area contributed by atoms with Gasteiger partial charge in [0.2, 0.25) is 0 Å². The van der Waals surface area contributed by atoms with E-state index in [0.717, 1.165) is 19.8 Å². The summed E-state index contributed by atoms with van der Waals surface area (Å²) in [6.45, 7) is 2.00. The Hall–Kier alpha value is -1.20. The summed E-state index contributed by atoms with van der Waals surface area (Å²) in [5.74, 6) is 0. The van der Waals surface area contributed by atoms with Crippen molar-refractivity contribution < 1.29 is 4.92 Å². The van der Waals surface area contributed by atoms with Crippen LogP contribution in [-0.2, 0) is 0 Å². The van der Waals surface area contributed by atoms with Crippen LogP contribution in [0.2, 0.25) is 0 Å². The molecule has 2 aromatic rings. The molecular formula is C11H8BrNO2S. The second-order valence-electron chi connectivity index (χ2n) is 3.37. The first-order valence-corrected chi connectivity index (χ1v) is 6.19. The van der Waals surface area contributed by atoms with E-state index in [-0.39, 0.29) is 10.6 Å². The van der Waals surface area contributed by atoms with Gasteiger partial charge in [-0.2, -0.15) is 0 Å². The normalized spacial score (nSPS) is 10.4. The van der Waals surface area contributed by atoms with Gasteiger partial charge in [0, 0.05) is 17.0 Å². The minimum atomic E-state index is -0.376. The Morgan fingerprint density at radius 2 is 2.12 bits per heavy atom. The number of nitrogens with zero attached hydrogens (tertiary/aromatic N) is 1. The van der Waals surface area contributed by atoms with Gasteiger partial charge in [-0.3, -0.25) is 10.1 Å². The zero-order valence-electron chi connectivity index (χ0n) is 8.44. The van der Waals surface area contributed by atoms with Crippen molar-refractivity contribution in [1.29, 1.82) is 0 Å². The maximum atomic E-state index is 10.7. The van der Waals surface area contributed by atoms with Crippen molar-refractivity contribution in [1.82, 2.24) is 0 Å². The Bertz CT molecular complexity index is 531. The summed E-state index contributed by atoms with van der Waals surface area (Å²) in [4.78, 5) is 11.3. The molecule has 0 aliphatic carbocycles. The molecule has 0 saturated heterocycles. The van der Waals surface area contributed by atoms with Crippen LogP contribution in [0.15, 0.2) is 34.1 Å². The summed E-state index contributed by atoms with van der Waals surface area (Å²) in [7, 11) is 0. The van der Waals surface area contributed by atoms with E-state index < -0.39 is 0 Å². The second-order valence-corrected chi connectivity index (χ2v) is 5.74. The fourth-order valence-electron chi connectivity index (χ4n) is 1.37. The molecule has 0 fully saturated rings. The number of nitro groups is 1. The molecule has 0 saturated carbocycles. The Balaban J connectivity index is 2.48. The molecule has 2 rings (SSSR count). The van der Waals surface area contributed by atoms with E-state index in [1.807, 2.05) is 19.1 Å². The first kappa shape index (κ1) is 11.3. The van der Waals surface area contributed by atoms with Crippen molar-refractivity contribution in [3.8, 4) is 10.4 Å². The monoisotopic (exact) mass is 297 g/mol. The van der Waals surface area contributed by atoms with Crippen LogP contribution in [0.1, 0.15) is 5.56 Å². The van der Waals surface area contributed by atoms with E-state index in [0.29, 0.717) is 0 Å². The Kier molecular flexibility index (Phi) is 3.07. The molecule has 82 valence electrons. The third-order valence-electron chi connectivity index (χ3n) is 2.20. The number of aryl methyl sites for hydroxylation is 1. The Morgan fingerprint density at radius 3 is 2.69 bits per heavy atom. The highest BCUT2D eigenvalue weighted by molar-refractivity contribution is 9.11. The minimum Gasteiger partial charge on any atom is -0.258 e. The van der Waals surface area contributed by atoms with Crippen molar-refractivity contribution >= 4 is 33.0 Å². The van der Waals surface area contributed by atoms with Gasteiger partial charge in [0.25, 0.3) is 5.69 Å². The maximum absolute atomic E-state index is 10.7. The van der Waals surface area contributed by atoms with Gasteiger partial charge in [-0.05, 0) is 40.0 Å². The van der Waals surface area contributed by atoms with Crippen LogP contribution in [0.25, 0.3) is 10.4 Å². The van der Waals surface area contributed by atoms with Crippen molar-refractivity contribution in [2.24, 2.45) is 0 Å². The quantitative estimate of drug-likeness (QED) is 0.609. The highest BCUT2D eigenvalue weighted by Crippen LogP contribution is 2.35. The zero-order valence-corrected chi connectivity index (χ0v) is 10.8. The topological polar surface area (TPSA) is 43.1 Å². The molecule has 0 atom stereocenters. The van der Waals surface area contributed by atoms with Gasteiger partial charge in [0.15, 0.2) is 0 Å². The largest absolute Gasteiger partial charge is 0.270 e. The lowest BCUT2D eigenvalue weighted by Crippen LogP contribution is -1.87. The number of thiophene rings is 1.